The van der Waals surface area contributed by atoms with Crippen LogP contribution in [0.25, 0.3) is 0 Å². The molecule has 0 aromatic heterocycles. The molecule has 1 radical (unpaired) electrons. The SMILES string of the molecule is CCCCCSCCCCCC[O]. The molecule has 0 saturated heterocycles. The van der Waals surface area contributed by atoms with Crippen molar-refractivity contribution in [3.63, 3.8) is 0 Å². The van der Waals surface area contributed by atoms with E-state index in [2.05, 4.69) is 18.7 Å². The first-order chi connectivity index (χ1) is 6.41. The van der Waals surface area contributed by atoms with E-state index in [1.807, 2.05) is 0 Å². The number of hydrogen-bond donors (Lipinski definition) is 0. The van der Waals surface area contributed by atoms with Crippen molar-refractivity contribution in [1.82, 2.24) is 0 Å². The van der Waals surface area contributed by atoms with Gasteiger partial charge < -0.3 is 0 Å². The molecule has 2 heteroatoms. The van der Waals surface area contributed by atoms with Gasteiger partial charge in [0.2, 0.25) is 0 Å². The highest BCUT2D eigenvalue weighted by molar-refractivity contribution is 7.99. The summed E-state index contributed by atoms with van der Waals surface area (Å²) in [6.45, 7) is 2.36. The van der Waals surface area contributed by atoms with Crippen LogP contribution < -0.4 is 0 Å². The molecule has 0 aliphatic carbocycles. The molecule has 0 aromatic carbocycles. The van der Waals surface area contributed by atoms with Gasteiger partial charge in [0.05, 0.1) is 6.61 Å². The standard InChI is InChI=1S/C11H23OS/c1-2-3-7-10-13-11-8-5-4-6-9-12/h2-11H2,1H3. The highest BCUT2D eigenvalue weighted by Crippen LogP contribution is 2.10. The summed E-state index contributed by atoms with van der Waals surface area (Å²) in [4.78, 5) is 0. The quantitative estimate of drug-likeness (QED) is 0.493. The minimum absolute atomic E-state index is 0.115. The summed E-state index contributed by atoms with van der Waals surface area (Å²) < 4.78 is 0. The minimum atomic E-state index is 0.115. The molecule has 0 spiro atoms. The molecule has 0 aliphatic heterocycles. The predicted octanol–water partition coefficient (Wildman–Crippen LogP) is 3.90. The molecular weight excluding hydrogens is 180 g/mol. The van der Waals surface area contributed by atoms with Crippen molar-refractivity contribution in [3.05, 3.63) is 0 Å². The molecule has 0 amide bonds. The molecule has 13 heavy (non-hydrogen) atoms. The van der Waals surface area contributed by atoms with E-state index in [9.17, 15) is 5.11 Å². The lowest BCUT2D eigenvalue weighted by Crippen LogP contribution is -1.86. The van der Waals surface area contributed by atoms with Gasteiger partial charge in [-0.15, -0.1) is 0 Å². The molecule has 0 N–H and O–H groups in total. The molecule has 0 aromatic rings. The topological polar surface area (TPSA) is 19.9 Å². The average Bonchev–Trinajstić information content (AvgIpc) is 2.16. The number of rotatable bonds is 10. The lowest BCUT2D eigenvalue weighted by molar-refractivity contribution is 0.186. The first-order valence-electron chi connectivity index (χ1n) is 5.57. The van der Waals surface area contributed by atoms with Gasteiger partial charge in [0.1, 0.15) is 0 Å². The summed E-state index contributed by atoms with van der Waals surface area (Å²) in [6, 6.07) is 0. The van der Waals surface area contributed by atoms with Gasteiger partial charge in [-0.3, -0.25) is 0 Å². The Morgan fingerprint density at radius 2 is 1.46 bits per heavy atom. The Bertz CT molecular complexity index is 76.2. The molecular formula is C11H23OS. The van der Waals surface area contributed by atoms with Crippen LogP contribution in [-0.4, -0.2) is 18.1 Å². The van der Waals surface area contributed by atoms with Crippen LogP contribution >= 0.6 is 11.8 Å². The third-order valence-electron chi connectivity index (χ3n) is 2.08. The predicted molar refractivity (Wildman–Crippen MR) is 60.9 cm³/mol. The fourth-order valence-electron chi connectivity index (χ4n) is 1.22. The summed E-state index contributed by atoms with van der Waals surface area (Å²) in [5.41, 5.74) is 0. The Labute approximate surface area is 87.3 Å². The minimum Gasteiger partial charge on any atom is -0.237 e. The zero-order valence-electron chi connectivity index (χ0n) is 8.89. The number of thioether (sulfide) groups is 1. The van der Waals surface area contributed by atoms with E-state index in [4.69, 9.17) is 0 Å². The van der Waals surface area contributed by atoms with Crippen molar-refractivity contribution in [2.45, 2.75) is 51.9 Å². The van der Waals surface area contributed by atoms with Crippen molar-refractivity contribution >= 4 is 11.8 Å². The van der Waals surface area contributed by atoms with Gasteiger partial charge in [0.15, 0.2) is 0 Å². The molecule has 79 valence electrons. The molecule has 0 saturated carbocycles. The van der Waals surface area contributed by atoms with Crippen LogP contribution in [-0.2, 0) is 5.11 Å². The summed E-state index contributed by atoms with van der Waals surface area (Å²) in [7, 11) is 0. The molecule has 0 heterocycles. The fourth-order valence-corrected chi connectivity index (χ4v) is 2.24. The molecule has 0 atom stereocenters. The van der Waals surface area contributed by atoms with Crippen molar-refractivity contribution in [2.24, 2.45) is 0 Å². The first kappa shape index (κ1) is 13.3. The smallest absolute Gasteiger partial charge is 0.0822 e. The van der Waals surface area contributed by atoms with Crippen LogP contribution in [0.4, 0.5) is 0 Å². The van der Waals surface area contributed by atoms with E-state index in [1.54, 1.807) is 0 Å². The molecule has 0 bridgehead atoms. The zero-order chi connectivity index (χ0) is 9.78. The molecule has 1 nitrogen and oxygen atoms in total. The molecule has 0 unspecified atom stereocenters. The zero-order valence-corrected chi connectivity index (χ0v) is 9.70. The second-order valence-electron chi connectivity index (χ2n) is 3.44. The lowest BCUT2D eigenvalue weighted by atomic mass is 10.2. The first-order valence-corrected chi connectivity index (χ1v) is 6.73. The van der Waals surface area contributed by atoms with Crippen molar-refractivity contribution < 1.29 is 5.11 Å². The maximum atomic E-state index is 10.1. The van der Waals surface area contributed by atoms with Crippen molar-refractivity contribution in [2.75, 3.05) is 18.1 Å². The van der Waals surface area contributed by atoms with E-state index >= 15 is 0 Å². The monoisotopic (exact) mass is 203 g/mol. The van der Waals surface area contributed by atoms with E-state index in [-0.39, 0.29) is 6.61 Å². The van der Waals surface area contributed by atoms with Crippen molar-refractivity contribution in [3.8, 4) is 0 Å². The average molecular weight is 203 g/mol. The van der Waals surface area contributed by atoms with Gasteiger partial charge in [-0.2, -0.15) is 11.8 Å². The van der Waals surface area contributed by atoms with Crippen LogP contribution in [0.1, 0.15) is 51.9 Å². The summed E-state index contributed by atoms with van der Waals surface area (Å²) in [5, 5.41) is 10.1. The second kappa shape index (κ2) is 12.3. The normalized spacial score (nSPS) is 10.6. The fraction of sp³-hybridized carbons (Fsp3) is 1.00. The molecule has 0 aliphatic rings. The third kappa shape index (κ3) is 12.3. The van der Waals surface area contributed by atoms with E-state index < -0.39 is 0 Å². The summed E-state index contributed by atoms with van der Waals surface area (Å²) >= 11 is 2.07. The highest BCUT2D eigenvalue weighted by Gasteiger charge is 1.91. The Morgan fingerprint density at radius 3 is 2.08 bits per heavy atom. The van der Waals surface area contributed by atoms with E-state index in [0.29, 0.717) is 0 Å². The van der Waals surface area contributed by atoms with Gasteiger partial charge in [-0.25, -0.2) is 5.11 Å². The Kier molecular flexibility index (Phi) is 12.6. The van der Waals surface area contributed by atoms with Gasteiger partial charge in [-0.05, 0) is 30.8 Å². The summed E-state index contributed by atoms with van der Waals surface area (Å²) in [6.07, 6.45) is 8.65. The van der Waals surface area contributed by atoms with Gasteiger partial charge in [-0.1, -0.05) is 32.6 Å². The highest BCUT2D eigenvalue weighted by atomic mass is 32.2. The Morgan fingerprint density at radius 1 is 0.846 bits per heavy atom. The largest absolute Gasteiger partial charge is 0.237 e. The number of hydrogen-bond acceptors (Lipinski definition) is 1. The maximum Gasteiger partial charge on any atom is 0.0822 e. The van der Waals surface area contributed by atoms with Crippen LogP contribution in [0, 0.1) is 0 Å². The molecule has 0 fully saturated rings. The van der Waals surface area contributed by atoms with Crippen LogP contribution in [0.3, 0.4) is 0 Å². The number of unbranched alkanes of at least 4 members (excludes halogenated alkanes) is 5. The Hall–Kier alpha value is 0.310. The van der Waals surface area contributed by atoms with Crippen LogP contribution in [0.5, 0.6) is 0 Å². The third-order valence-corrected chi connectivity index (χ3v) is 3.23. The van der Waals surface area contributed by atoms with Gasteiger partial charge >= 0.3 is 0 Å². The lowest BCUT2D eigenvalue weighted by Gasteiger charge is -2.00. The van der Waals surface area contributed by atoms with Crippen LogP contribution in [0.15, 0.2) is 0 Å². The second-order valence-corrected chi connectivity index (χ2v) is 4.66. The maximum absolute atomic E-state index is 10.1. The molecule has 0 rings (SSSR count). The van der Waals surface area contributed by atoms with E-state index in [0.717, 1.165) is 12.8 Å². The van der Waals surface area contributed by atoms with Gasteiger partial charge in [0, 0.05) is 0 Å². The van der Waals surface area contributed by atoms with Crippen molar-refractivity contribution in [1.29, 1.82) is 0 Å². The van der Waals surface area contributed by atoms with Crippen LogP contribution in [0.2, 0.25) is 0 Å². The van der Waals surface area contributed by atoms with E-state index in [1.165, 1.54) is 43.6 Å². The summed E-state index contributed by atoms with van der Waals surface area (Å²) in [5.74, 6) is 2.62. The Balaban J connectivity index is 2.76. The van der Waals surface area contributed by atoms with Gasteiger partial charge in [0.25, 0.3) is 0 Å².